The third kappa shape index (κ3) is 10.2. The standard InChI is InChI=1S/C16H31F2NO/c1-14(2,3)10-8-7-9-11-16(17,18)13(20)19-12-15(4,5)6/h7-12H2,1-6H3,(H,19,20). The van der Waals surface area contributed by atoms with Gasteiger partial charge in [0, 0.05) is 13.0 Å². The van der Waals surface area contributed by atoms with E-state index in [1.807, 2.05) is 20.8 Å². The van der Waals surface area contributed by atoms with E-state index >= 15 is 0 Å². The zero-order chi connectivity index (χ0) is 16.0. The minimum atomic E-state index is -3.24. The number of hydrogen-bond acceptors (Lipinski definition) is 1. The molecule has 0 rings (SSSR count). The van der Waals surface area contributed by atoms with Crippen LogP contribution >= 0.6 is 0 Å². The van der Waals surface area contributed by atoms with Gasteiger partial charge in [0.05, 0.1) is 0 Å². The topological polar surface area (TPSA) is 29.1 Å². The highest BCUT2D eigenvalue weighted by molar-refractivity contribution is 5.83. The second kappa shape index (κ2) is 7.37. The molecule has 0 fully saturated rings. The maximum absolute atomic E-state index is 13.6. The predicted octanol–water partition coefficient (Wildman–Crippen LogP) is 4.78. The maximum Gasteiger partial charge on any atom is 0.324 e. The second-order valence-electron chi connectivity index (χ2n) is 8.07. The van der Waals surface area contributed by atoms with Crippen molar-refractivity contribution < 1.29 is 13.6 Å². The third-order valence-corrected chi connectivity index (χ3v) is 3.03. The first kappa shape index (κ1) is 19.3. The zero-order valence-corrected chi connectivity index (χ0v) is 13.9. The molecule has 0 aromatic heterocycles. The molecule has 2 nitrogen and oxygen atoms in total. The fraction of sp³-hybridized carbons (Fsp3) is 0.938. The van der Waals surface area contributed by atoms with Crippen molar-refractivity contribution in [2.24, 2.45) is 10.8 Å². The van der Waals surface area contributed by atoms with Crippen LogP contribution in [0.5, 0.6) is 0 Å². The van der Waals surface area contributed by atoms with Crippen LogP contribution < -0.4 is 5.32 Å². The van der Waals surface area contributed by atoms with Crippen LogP contribution in [0.1, 0.15) is 73.6 Å². The first-order chi connectivity index (χ1) is 8.83. The number of rotatable bonds is 7. The van der Waals surface area contributed by atoms with Crippen molar-refractivity contribution in [3.8, 4) is 0 Å². The van der Waals surface area contributed by atoms with E-state index in [-0.39, 0.29) is 23.8 Å². The average Bonchev–Trinajstić information content (AvgIpc) is 2.22. The second-order valence-corrected chi connectivity index (χ2v) is 8.07. The molecule has 0 spiro atoms. The van der Waals surface area contributed by atoms with E-state index < -0.39 is 11.8 Å². The maximum atomic E-state index is 13.6. The molecule has 0 saturated heterocycles. The molecule has 1 amide bonds. The number of unbranched alkanes of at least 4 members (excludes halogenated alkanes) is 2. The first-order valence-electron chi connectivity index (χ1n) is 7.50. The summed E-state index contributed by atoms with van der Waals surface area (Å²) >= 11 is 0. The van der Waals surface area contributed by atoms with Crippen LogP contribution in [-0.4, -0.2) is 18.4 Å². The summed E-state index contributed by atoms with van der Waals surface area (Å²) in [5.41, 5.74) is 0.0606. The molecule has 20 heavy (non-hydrogen) atoms. The van der Waals surface area contributed by atoms with Gasteiger partial charge in [-0.1, -0.05) is 54.4 Å². The van der Waals surface area contributed by atoms with Crippen molar-refractivity contribution in [2.75, 3.05) is 6.54 Å². The van der Waals surface area contributed by atoms with Gasteiger partial charge in [-0.3, -0.25) is 4.79 Å². The number of amides is 1. The summed E-state index contributed by atoms with van der Waals surface area (Å²) in [6.07, 6.45) is 2.75. The van der Waals surface area contributed by atoms with Crippen molar-refractivity contribution >= 4 is 5.91 Å². The summed E-state index contributed by atoms with van der Waals surface area (Å²) in [5, 5.41) is 2.34. The number of halogens is 2. The van der Waals surface area contributed by atoms with Crippen LogP contribution in [0.3, 0.4) is 0 Å². The Morgan fingerprint density at radius 2 is 1.35 bits per heavy atom. The van der Waals surface area contributed by atoms with Crippen molar-refractivity contribution in [3.63, 3.8) is 0 Å². The molecule has 0 aliphatic carbocycles. The molecule has 0 saturated carbocycles. The van der Waals surface area contributed by atoms with Crippen molar-refractivity contribution in [1.29, 1.82) is 0 Å². The monoisotopic (exact) mass is 291 g/mol. The first-order valence-corrected chi connectivity index (χ1v) is 7.50. The number of alkyl halides is 2. The number of nitrogens with one attached hydrogen (secondary N) is 1. The molecule has 0 aliphatic rings. The van der Waals surface area contributed by atoms with Gasteiger partial charge in [0.1, 0.15) is 0 Å². The molecule has 0 unspecified atom stereocenters. The largest absolute Gasteiger partial charge is 0.350 e. The van der Waals surface area contributed by atoms with E-state index in [9.17, 15) is 13.6 Å². The predicted molar refractivity (Wildman–Crippen MR) is 80.0 cm³/mol. The van der Waals surface area contributed by atoms with Gasteiger partial charge in [-0.25, -0.2) is 0 Å². The lowest BCUT2D eigenvalue weighted by atomic mass is 9.89. The van der Waals surface area contributed by atoms with E-state index in [4.69, 9.17) is 0 Å². The molecule has 0 heterocycles. The van der Waals surface area contributed by atoms with Crippen LogP contribution in [0, 0.1) is 10.8 Å². The number of hydrogen-bond donors (Lipinski definition) is 1. The van der Waals surface area contributed by atoms with Crippen LogP contribution in [-0.2, 0) is 4.79 Å². The summed E-state index contributed by atoms with van der Waals surface area (Å²) in [4.78, 5) is 11.5. The van der Waals surface area contributed by atoms with Gasteiger partial charge < -0.3 is 5.32 Å². The Morgan fingerprint density at radius 3 is 1.80 bits per heavy atom. The van der Waals surface area contributed by atoms with Gasteiger partial charge in [0.15, 0.2) is 0 Å². The lowest BCUT2D eigenvalue weighted by Gasteiger charge is -2.22. The van der Waals surface area contributed by atoms with Crippen LogP contribution in [0.2, 0.25) is 0 Å². The lowest BCUT2D eigenvalue weighted by Crippen LogP contribution is -2.43. The summed E-state index contributed by atoms with van der Waals surface area (Å²) < 4.78 is 27.3. The molecule has 0 atom stereocenters. The third-order valence-electron chi connectivity index (χ3n) is 3.03. The quantitative estimate of drug-likeness (QED) is 0.672. The Hall–Kier alpha value is -0.670. The van der Waals surface area contributed by atoms with Gasteiger partial charge >= 0.3 is 5.92 Å². The molecule has 0 aromatic carbocycles. The van der Waals surface area contributed by atoms with Gasteiger partial charge in [0.25, 0.3) is 5.91 Å². The van der Waals surface area contributed by atoms with E-state index in [0.717, 1.165) is 19.3 Å². The Morgan fingerprint density at radius 1 is 0.850 bits per heavy atom. The molecule has 120 valence electrons. The van der Waals surface area contributed by atoms with Crippen molar-refractivity contribution in [3.05, 3.63) is 0 Å². The van der Waals surface area contributed by atoms with Crippen molar-refractivity contribution in [1.82, 2.24) is 5.32 Å². The summed E-state index contributed by atoms with van der Waals surface area (Å²) in [6, 6.07) is 0. The Labute approximate surface area is 122 Å². The van der Waals surface area contributed by atoms with Gasteiger partial charge in [-0.2, -0.15) is 8.78 Å². The summed E-state index contributed by atoms with van der Waals surface area (Å²) in [5.74, 6) is -4.38. The smallest absolute Gasteiger partial charge is 0.324 e. The van der Waals surface area contributed by atoms with E-state index in [2.05, 4.69) is 26.1 Å². The molecule has 0 radical (unpaired) electrons. The highest BCUT2D eigenvalue weighted by Gasteiger charge is 2.38. The van der Waals surface area contributed by atoms with E-state index in [1.54, 1.807) is 0 Å². The fourth-order valence-electron chi connectivity index (χ4n) is 1.77. The highest BCUT2D eigenvalue weighted by atomic mass is 19.3. The lowest BCUT2D eigenvalue weighted by molar-refractivity contribution is -0.147. The molecular weight excluding hydrogens is 260 g/mol. The van der Waals surface area contributed by atoms with Gasteiger partial charge in [-0.05, 0) is 23.7 Å². The van der Waals surface area contributed by atoms with Crippen LogP contribution in [0.4, 0.5) is 8.78 Å². The molecule has 0 aliphatic heterocycles. The van der Waals surface area contributed by atoms with E-state index in [1.165, 1.54) is 0 Å². The van der Waals surface area contributed by atoms with Gasteiger partial charge in [-0.15, -0.1) is 0 Å². The van der Waals surface area contributed by atoms with Crippen LogP contribution in [0.15, 0.2) is 0 Å². The average molecular weight is 291 g/mol. The Bertz CT molecular complexity index is 301. The summed E-state index contributed by atoms with van der Waals surface area (Å²) in [6.45, 7) is 12.4. The summed E-state index contributed by atoms with van der Waals surface area (Å²) in [7, 11) is 0. The van der Waals surface area contributed by atoms with E-state index in [0.29, 0.717) is 6.42 Å². The Balaban J connectivity index is 3.97. The van der Waals surface area contributed by atoms with Crippen molar-refractivity contribution in [2.45, 2.75) is 79.6 Å². The SMILES string of the molecule is CC(C)(C)CCCCCC(F)(F)C(=O)NCC(C)(C)C. The number of carbonyl (C=O) groups is 1. The minimum Gasteiger partial charge on any atom is -0.350 e. The fourth-order valence-corrected chi connectivity index (χ4v) is 1.77. The number of carbonyl (C=O) groups excluding carboxylic acids is 1. The molecule has 4 heteroatoms. The molecule has 0 bridgehead atoms. The molecule has 1 N–H and O–H groups in total. The highest BCUT2D eigenvalue weighted by Crippen LogP contribution is 2.26. The van der Waals surface area contributed by atoms with Gasteiger partial charge in [0.2, 0.25) is 0 Å². The van der Waals surface area contributed by atoms with Crippen LogP contribution in [0.25, 0.3) is 0 Å². The molecule has 0 aromatic rings. The minimum absolute atomic E-state index is 0.182. The normalized spacial score (nSPS) is 13.4. The molecular formula is C16H31F2NO. The zero-order valence-electron chi connectivity index (χ0n) is 13.9. The Kier molecular flexibility index (Phi) is 7.12.